The molecule has 0 saturated carbocycles. The van der Waals surface area contributed by atoms with E-state index in [-0.39, 0.29) is 17.8 Å². The largest absolute Gasteiger partial charge is 0.334 e. The van der Waals surface area contributed by atoms with Crippen molar-refractivity contribution in [1.29, 1.82) is 0 Å². The monoisotopic (exact) mass is 354 g/mol. The average Bonchev–Trinajstić information content (AvgIpc) is 3.03. The lowest BCUT2D eigenvalue weighted by atomic mass is 9.93. The second-order valence-electron chi connectivity index (χ2n) is 5.89. The number of nitrogens with zero attached hydrogens (tertiary/aromatic N) is 1. The Labute approximate surface area is 133 Å². The van der Waals surface area contributed by atoms with Crippen LogP contribution in [0.25, 0.3) is 0 Å². The molecule has 2 saturated heterocycles. The van der Waals surface area contributed by atoms with E-state index in [2.05, 4.69) is 21.2 Å². The molecule has 0 aromatic heterocycles. The number of amides is 1. The molecule has 21 heavy (non-hydrogen) atoms. The minimum atomic E-state index is -0.334. The molecule has 3 rings (SSSR count). The minimum Gasteiger partial charge on any atom is -0.334 e. The number of rotatable bonds is 2. The maximum atomic E-state index is 13.3. The van der Waals surface area contributed by atoms with Gasteiger partial charge in [-0.05, 0) is 72.8 Å². The van der Waals surface area contributed by atoms with Crippen LogP contribution in [-0.2, 0) is 0 Å². The lowest BCUT2D eigenvalue weighted by molar-refractivity contribution is 0.0563. The first-order valence-electron chi connectivity index (χ1n) is 7.66. The topological polar surface area (TPSA) is 32.3 Å². The number of benzene rings is 1. The van der Waals surface area contributed by atoms with Crippen molar-refractivity contribution in [2.75, 3.05) is 13.1 Å². The summed E-state index contributed by atoms with van der Waals surface area (Å²) in [5.41, 5.74) is 0.563. The van der Waals surface area contributed by atoms with Crippen molar-refractivity contribution < 1.29 is 9.18 Å². The highest BCUT2D eigenvalue weighted by atomic mass is 79.9. The molecule has 0 aliphatic carbocycles. The maximum absolute atomic E-state index is 13.3. The Hall–Kier alpha value is -0.940. The molecular formula is C16H20BrFN2O. The van der Waals surface area contributed by atoms with Crippen LogP contribution >= 0.6 is 15.9 Å². The van der Waals surface area contributed by atoms with E-state index in [0.717, 1.165) is 32.4 Å². The standard InChI is InChI=1S/C16H20BrFN2O/c17-12-10-11(6-7-13(12)18)16(21)20-9-2-1-5-15(20)14-4-3-8-19-14/h6-7,10,14-15,19H,1-5,8-9H2. The number of hydrogen-bond donors (Lipinski definition) is 1. The molecule has 2 aliphatic rings. The molecule has 5 heteroatoms. The summed E-state index contributed by atoms with van der Waals surface area (Å²) in [6, 6.07) is 5.21. The van der Waals surface area contributed by atoms with Gasteiger partial charge in [-0.25, -0.2) is 4.39 Å². The van der Waals surface area contributed by atoms with E-state index < -0.39 is 0 Å². The number of nitrogens with one attached hydrogen (secondary N) is 1. The van der Waals surface area contributed by atoms with Gasteiger partial charge in [-0.3, -0.25) is 4.79 Å². The van der Waals surface area contributed by atoms with E-state index in [1.807, 2.05) is 4.90 Å². The molecule has 2 heterocycles. The summed E-state index contributed by atoms with van der Waals surface area (Å²) in [6.45, 7) is 1.85. The highest BCUT2D eigenvalue weighted by Gasteiger charge is 2.34. The summed E-state index contributed by atoms with van der Waals surface area (Å²) in [5, 5.41) is 3.52. The van der Waals surface area contributed by atoms with Gasteiger partial charge in [0.05, 0.1) is 4.47 Å². The Bertz CT molecular complexity index is 531. The van der Waals surface area contributed by atoms with Crippen LogP contribution in [0.3, 0.4) is 0 Å². The molecule has 0 spiro atoms. The van der Waals surface area contributed by atoms with Gasteiger partial charge in [0.25, 0.3) is 5.91 Å². The van der Waals surface area contributed by atoms with E-state index in [4.69, 9.17) is 0 Å². The third-order valence-electron chi connectivity index (χ3n) is 4.54. The Morgan fingerprint density at radius 2 is 2.14 bits per heavy atom. The zero-order valence-electron chi connectivity index (χ0n) is 11.9. The van der Waals surface area contributed by atoms with Gasteiger partial charge in [-0.1, -0.05) is 0 Å². The van der Waals surface area contributed by atoms with Crippen LogP contribution in [0.2, 0.25) is 0 Å². The number of likely N-dealkylation sites (tertiary alicyclic amines) is 1. The van der Waals surface area contributed by atoms with E-state index in [0.29, 0.717) is 16.1 Å². The van der Waals surface area contributed by atoms with Crippen molar-refractivity contribution in [3.8, 4) is 0 Å². The molecule has 1 aromatic rings. The van der Waals surface area contributed by atoms with E-state index in [1.165, 1.54) is 18.9 Å². The lowest BCUT2D eigenvalue weighted by Crippen LogP contribution is -2.52. The molecule has 0 bridgehead atoms. The molecule has 1 aromatic carbocycles. The van der Waals surface area contributed by atoms with Gasteiger partial charge in [-0.2, -0.15) is 0 Å². The van der Waals surface area contributed by atoms with Crippen LogP contribution in [0.1, 0.15) is 42.5 Å². The fraction of sp³-hybridized carbons (Fsp3) is 0.562. The van der Waals surface area contributed by atoms with Crippen LogP contribution < -0.4 is 5.32 Å². The summed E-state index contributed by atoms with van der Waals surface area (Å²) in [4.78, 5) is 14.8. The van der Waals surface area contributed by atoms with Gasteiger partial charge < -0.3 is 10.2 Å². The highest BCUT2D eigenvalue weighted by Crippen LogP contribution is 2.27. The van der Waals surface area contributed by atoms with Crippen LogP contribution in [0, 0.1) is 5.82 Å². The number of hydrogen-bond acceptors (Lipinski definition) is 2. The summed E-state index contributed by atoms with van der Waals surface area (Å²) in [5.74, 6) is -0.312. The van der Waals surface area contributed by atoms with Crippen LogP contribution in [0.5, 0.6) is 0 Å². The zero-order valence-corrected chi connectivity index (χ0v) is 13.5. The van der Waals surface area contributed by atoms with Gasteiger partial charge in [-0.15, -0.1) is 0 Å². The third-order valence-corrected chi connectivity index (χ3v) is 5.15. The fourth-order valence-corrected chi connectivity index (χ4v) is 3.84. The molecule has 0 radical (unpaired) electrons. The summed E-state index contributed by atoms with van der Waals surface area (Å²) in [6.07, 6.45) is 5.62. The van der Waals surface area contributed by atoms with Gasteiger partial charge in [0.15, 0.2) is 0 Å². The molecule has 2 unspecified atom stereocenters. The first-order chi connectivity index (χ1) is 10.2. The smallest absolute Gasteiger partial charge is 0.254 e. The van der Waals surface area contributed by atoms with E-state index in [1.54, 1.807) is 12.1 Å². The fourth-order valence-electron chi connectivity index (χ4n) is 3.46. The number of carbonyl (C=O) groups excluding carboxylic acids is 1. The summed E-state index contributed by atoms with van der Waals surface area (Å²) < 4.78 is 13.7. The zero-order chi connectivity index (χ0) is 14.8. The van der Waals surface area contributed by atoms with Crippen LogP contribution in [0.15, 0.2) is 22.7 Å². The quantitative estimate of drug-likeness (QED) is 0.883. The predicted molar refractivity (Wildman–Crippen MR) is 83.8 cm³/mol. The van der Waals surface area contributed by atoms with Crippen molar-refractivity contribution in [1.82, 2.24) is 10.2 Å². The third kappa shape index (κ3) is 3.14. The van der Waals surface area contributed by atoms with E-state index in [9.17, 15) is 9.18 Å². The van der Waals surface area contributed by atoms with Crippen molar-refractivity contribution in [2.45, 2.75) is 44.2 Å². The second kappa shape index (κ2) is 6.44. The number of carbonyl (C=O) groups is 1. The first kappa shape index (κ1) is 15.0. The van der Waals surface area contributed by atoms with Crippen LogP contribution in [0.4, 0.5) is 4.39 Å². The van der Waals surface area contributed by atoms with Crippen molar-refractivity contribution in [2.24, 2.45) is 0 Å². The van der Waals surface area contributed by atoms with Gasteiger partial charge in [0.2, 0.25) is 0 Å². The number of piperidine rings is 1. The molecule has 1 amide bonds. The first-order valence-corrected chi connectivity index (χ1v) is 8.45. The molecule has 2 aliphatic heterocycles. The minimum absolute atomic E-state index is 0.0223. The molecule has 2 fully saturated rings. The molecule has 2 atom stereocenters. The highest BCUT2D eigenvalue weighted by molar-refractivity contribution is 9.10. The summed E-state index contributed by atoms with van der Waals surface area (Å²) >= 11 is 3.16. The SMILES string of the molecule is O=C(c1ccc(F)c(Br)c1)N1CCCCC1C1CCCN1. The van der Waals surface area contributed by atoms with Crippen molar-refractivity contribution in [3.63, 3.8) is 0 Å². The summed E-state index contributed by atoms with van der Waals surface area (Å²) in [7, 11) is 0. The molecule has 3 nitrogen and oxygen atoms in total. The Balaban J connectivity index is 1.81. The normalized spacial score (nSPS) is 26.1. The van der Waals surface area contributed by atoms with E-state index >= 15 is 0 Å². The van der Waals surface area contributed by atoms with Crippen molar-refractivity contribution >= 4 is 21.8 Å². The van der Waals surface area contributed by atoms with Gasteiger partial charge >= 0.3 is 0 Å². The molecule has 1 N–H and O–H groups in total. The Kier molecular flexibility index (Phi) is 4.60. The van der Waals surface area contributed by atoms with Gasteiger partial charge in [0, 0.05) is 24.2 Å². The predicted octanol–water partition coefficient (Wildman–Crippen LogP) is 3.33. The van der Waals surface area contributed by atoms with Crippen LogP contribution in [-0.4, -0.2) is 36.0 Å². The average molecular weight is 355 g/mol. The number of halogens is 2. The maximum Gasteiger partial charge on any atom is 0.254 e. The van der Waals surface area contributed by atoms with Gasteiger partial charge in [0.1, 0.15) is 5.82 Å². The Morgan fingerprint density at radius 1 is 1.29 bits per heavy atom. The second-order valence-corrected chi connectivity index (χ2v) is 6.75. The van der Waals surface area contributed by atoms with Crippen molar-refractivity contribution in [3.05, 3.63) is 34.1 Å². The Morgan fingerprint density at radius 3 is 2.86 bits per heavy atom. The molecular weight excluding hydrogens is 335 g/mol. The lowest BCUT2D eigenvalue weighted by Gasteiger charge is -2.39. The molecule has 114 valence electrons.